The molecule has 0 radical (unpaired) electrons. The first-order valence-corrected chi connectivity index (χ1v) is 12.9. The van der Waals surface area contributed by atoms with E-state index >= 15 is 8.78 Å². The smallest absolute Gasteiger partial charge is 0.319 e. The van der Waals surface area contributed by atoms with Crippen LogP contribution in [-0.4, -0.2) is 39.2 Å². The predicted molar refractivity (Wildman–Crippen MR) is 129 cm³/mol. The van der Waals surface area contributed by atoms with E-state index in [-0.39, 0.29) is 45.4 Å². The highest BCUT2D eigenvalue weighted by Crippen LogP contribution is 2.35. The Morgan fingerprint density at radius 2 is 1.75 bits per heavy atom. The zero-order valence-electron chi connectivity index (χ0n) is 18.7. The molecule has 0 aliphatic carbocycles. The Kier molecular flexibility index (Phi) is 6.96. The Hall–Kier alpha value is -3.57. The number of hydrogen-bond donors (Lipinski definition) is 2. The molecule has 0 bridgehead atoms. The summed E-state index contributed by atoms with van der Waals surface area (Å²) in [5.41, 5.74) is -0.798. The summed E-state index contributed by atoms with van der Waals surface area (Å²) in [5, 5.41) is 4.79. The Bertz CT molecular complexity index is 1480. The first-order chi connectivity index (χ1) is 17.0. The van der Waals surface area contributed by atoms with Crippen LogP contribution in [0.15, 0.2) is 59.5 Å². The minimum absolute atomic E-state index is 0.0126. The van der Waals surface area contributed by atoms with E-state index < -0.39 is 45.3 Å². The quantitative estimate of drug-likeness (QED) is 0.491. The molecule has 3 aromatic carbocycles. The highest BCUT2D eigenvalue weighted by atomic mass is 35.5. The Balaban J connectivity index is 1.54. The van der Waals surface area contributed by atoms with E-state index in [0.29, 0.717) is 0 Å². The molecule has 36 heavy (non-hydrogen) atoms. The number of hydrogen-bond acceptors (Lipinski definition) is 4. The first-order valence-electron chi connectivity index (χ1n) is 10.6. The molecule has 0 aromatic heterocycles. The van der Waals surface area contributed by atoms with Crippen LogP contribution in [0.1, 0.15) is 6.42 Å². The van der Waals surface area contributed by atoms with Crippen LogP contribution in [0.25, 0.3) is 11.1 Å². The minimum atomic E-state index is -3.72. The molecule has 1 heterocycles. The Morgan fingerprint density at radius 3 is 2.44 bits per heavy atom. The van der Waals surface area contributed by atoms with Gasteiger partial charge in [-0.15, -0.1) is 0 Å². The van der Waals surface area contributed by atoms with E-state index in [1.165, 1.54) is 48.5 Å². The fourth-order valence-corrected chi connectivity index (χ4v) is 4.99. The number of urea groups is 1. The molecule has 3 aromatic rings. The van der Waals surface area contributed by atoms with Gasteiger partial charge in [-0.3, -0.25) is 4.79 Å². The molecule has 1 aliphatic heterocycles. The zero-order valence-corrected chi connectivity index (χ0v) is 20.3. The van der Waals surface area contributed by atoms with Crippen molar-refractivity contribution in [1.29, 1.82) is 0 Å². The van der Waals surface area contributed by atoms with Crippen molar-refractivity contribution in [3.05, 3.63) is 77.1 Å². The second-order valence-electron chi connectivity index (χ2n) is 8.08. The third-order valence-corrected chi connectivity index (χ3v) is 7.01. The van der Waals surface area contributed by atoms with Gasteiger partial charge in [0.25, 0.3) is 0 Å². The summed E-state index contributed by atoms with van der Waals surface area (Å²) >= 11 is 5.68. The van der Waals surface area contributed by atoms with E-state index in [4.69, 9.17) is 11.6 Å². The van der Waals surface area contributed by atoms with Crippen LogP contribution in [0.3, 0.4) is 0 Å². The molecule has 188 valence electrons. The lowest BCUT2D eigenvalue weighted by Gasteiger charge is -2.20. The molecule has 1 aliphatic rings. The van der Waals surface area contributed by atoms with Crippen LogP contribution in [0.4, 0.5) is 29.3 Å². The average molecular weight is 538 g/mol. The van der Waals surface area contributed by atoms with Crippen LogP contribution in [-0.2, 0) is 14.6 Å². The van der Waals surface area contributed by atoms with Crippen LogP contribution < -0.4 is 15.5 Å². The SMILES string of the molecule is CS(=O)(=O)c1ccccc1-c1ccc(N2CC[C@@H](NC(=O)Nc3ccc(Cl)cc3F)C2=O)c(F)c1F. The van der Waals surface area contributed by atoms with Gasteiger partial charge in [0.05, 0.1) is 16.3 Å². The summed E-state index contributed by atoms with van der Waals surface area (Å²) in [6, 6.07) is 9.69. The molecule has 7 nitrogen and oxygen atoms in total. The number of halogens is 4. The number of carbonyl (C=O) groups excluding carboxylic acids is 2. The topological polar surface area (TPSA) is 95.6 Å². The van der Waals surface area contributed by atoms with Gasteiger partial charge in [-0.05, 0) is 42.8 Å². The highest BCUT2D eigenvalue weighted by molar-refractivity contribution is 7.90. The molecule has 0 saturated carbocycles. The van der Waals surface area contributed by atoms with E-state index in [0.717, 1.165) is 17.2 Å². The van der Waals surface area contributed by atoms with Crippen molar-refractivity contribution in [3.63, 3.8) is 0 Å². The number of carbonyl (C=O) groups is 2. The second kappa shape index (κ2) is 9.82. The molecule has 1 saturated heterocycles. The maximum absolute atomic E-state index is 15.1. The molecule has 1 fully saturated rings. The summed E-state index contributed by atoms with van der Waals surface area (Å²) in [5.74, 6) is -4.11. The number of rotatable bonds is 5. The van der Waals surface area contributed by atoms with Crippen LogP contribution >= 0.6 is 11.6 Å². The lowest BCUT2D eigenvalue weighted by atomic mass is 10.0. The van der Waals surface area contributed by atoms with Crippen molar-refractivity contribution in [2.75, 3.05) is 23.0 Å². The number of nitrogens with one attached hydrogen (secondary N) is 2. The van der Waals surface area contributed by atoms with E-state index in [1.807, 2.05) is 0 Å². The number of anilines is 2. The molecule has 12 heteroatoms. The summed E-state index contributed by atoms with van der Waals surface area (Å²) in [6.07, 6.45) is 1.05. The molecule has 2 N–H and O–H groups in total. The fourth-order valence-electron chi connectivity index (χ4n) is 3.93. The standard InChI is InChI=1S/C24H19ClF3N3O4S/c1-36(34,35)20-5-3-2-4-14(20)15-7-9-19(22(28)21(15)27)31-11-10-18(23(31)32)30-24(33)29-17-8-6-13(25)12-16(17)26/h2-9,12,18H,10-11H2,1H3,(H2,29,30,33)/t18-/m1/s1. The average Bonchev–Trinajstić information content (AvgIpc) is 3.16. The van der Waals surface area contributed by atoms with Crippen molar-refractivity contribution in [3.8, 4) is 11.1 Å². The van der Waals surface area contributed by atoms with E-state index in [9.17, 15) is 22.4 Å². The van der Waals surface area contributed by atoms with Crippen molar-refractivity contribution >= 4 is 44.8 Å². The van der Waals surface area contributed by atoms with Gasteiger partial charge in [0.2, 0.25) is 5.91 Å². The van der Waals surface area contributed by atoms with Crippen molar-refractivity contribution in [2.45, 2.75) is 17.4 Å². The number of amides is 3. The third kappa shape index (κ3) is 5.02. The van der Waals surface area contributed by atoms with Crippen LogP contribution in [0, 0.1) is 17.5 Å². The van der Waals surface area contributed by atoms with Crippen molar-refractivity contribution in [2.24, 2.45) is 0 Å². The van der Waals surface area contributed by atoms with Gasteiger partial charge in [-0.2, -0.15) is 0 Å². The molecular weight excluding hydrogens is 519 g/mol. The predicted octanol–water partition coefficient (Wildman–Crippen LogP) is 4.75. The third-order valence-electron chi connectivity index (χ3n) is 5.62. The number of sulfone groups is 1. The lowest BCUT2D eigenvalue weighted by molar-refractivity contribution is -0.118. The van der Waals surface area contributed by atoms with Crippen LogP contribution in [0.2, 0.25) is 5.02 Å². The number of benzene rings is 3. The molecule has 3 amide bonds. The highest BCUT2D eigenvalue weighted by Gasteiger charge is 2.36. The van der Waals surface area contributed by atoms with E-state index in [2.05, 4.69) is 10.6 Å². The maximum atomic E-state index is 15.1. The summed E-state index contributed by atoms with van der Waals surface area (Å²) in [4.78, 5) is 25.9. The van der Waals surface area contributed by atoms with Gasteiger partial charge in [-0.25, -0.2) is 26.4 Å². The van der Waals surface area contributed by atoms with Gasteiger partial charge in [-0.1, -0.05) is 29.8 Å². The molecular formula is C24H19ClF3N3O4S. The van der Waals surface area contributed by atoms with Gasteiger partial charge in [0.15, 0.2) is 21.5 Å². The summed E-state index contributed by atoms with van der Waals surface area (Å²) in [6.45, 7) is -0.0191. The molecule has 1 atom stereocenters. The van der Waals surface area contributed by atoms with Gasteiger partial charge in [0.1, 0.15) is 11.9 Å². The van der Waals surface area contributed by atoms with Gasteiger partial charge in [0, 0.05) is 29.0 Å². The van der Waals surface area contributed by atoms with Crippen molar-refractivity contribution < 1.29 is 31.2 Å². The van der Waals surface area contributed by atoms with E-state index in [1.54, 1.807) is 0 Å². The monoisotopic (exact) mass is 537 g/mol. The molecule has 0 spiro atoms. The summed E-state index contributed by atoms with van der Waals surface area (Å²) < 4.78 is 68.2. The first kappa shape index (κ1) is 25.5. The molecule has 4 rings (SSSR count). The maximum Gasteiger partial charge on any atom is 0.319 e. The Morgan fingerprint density at radius 1 is 1.03 bits per heavy atom. The molecule has 0 unspecified atom stereocenters. The van der Waals surface area contributed by atoms with Gasteiger partial charge >= 0.3 is 6.03 Å². The normalized spacial score (nSPS) is 15.8. The number of nitrogens with zero attached hydrogens (tertiary/aromatic N) is 1. The lowest BCUT2D eigenvalue weighted by Crippen LogP contribution is -2.43. The largest absolute Gasteiger partial charge is 0.326 e. The van der Waals surface area contributed by atoms with Crippen LogP contribution in [0.5, 0.6) is 0 Å². The second-order valence-corrected chi connectivity index (χ2v) is 10.5. The minimum Gasteiger partial charge on any atom is -0.326 e. The van der Waals surface area contributed by atoms with Gasteiger partial charge < -0.3 is 15.5 Å². The Labute approximate surface area is 209 Å². The van der Waals surface area contributed by atoms with Crippen molar-refractivity contribution in [1.82, 2.24) is 5.32 Å². The summed E-state index contributed by atoms with van der Waals surface area (Å²) in [7, 11) is -3.72. The zero-order chi connectivity index (χ0) is 26.2. The fraction of sp³-hybridized carbons (Fsp3) is 0.167.